The summed E-state index contributed by atoms with van der Waals surface area (Å²) in [7, 11) is 2.74. The van der Waals surface area contributed by atoms with Gasteiger partial charge in [-0.25, -0.2) is 9.59 Å². The smallest absolute Gasteiger partial charge is 0.340 e. The van der Waals surface area contributed by atoms with Crippen molar-refractivity contribution >= 4 is 23.5 Å². The van der Waals surface area contributed by atoms with Gasteiger partial charge in [0.05, 0.1) is 13.2 Å². The number of benzene rings is 1. The zero-order chi connectivity index (χ0) is 20.8. The molecule has 0 radical (unpaired) electrons. The van der Waals surface area contributed by atoms with Gasteiger partial charge in [-0.3, -0.25) is 4.79 Å². The van der Waals surface area contributed by atoms with E-state index < -0.39 is 29.4 Å². The summed E-state index contributed by atoms with van der Waals surface area (Å²) in [6.07, 6.45) is -0.445. The zero-order valence-electron chi connectivity index (χ0n) is 16.4. The van der Waals surface area contributed by atoms with E-state index in [-0.39, 0.29) is 22.8 Å². The summed E-state index contributed by atoms with van der Waals surface area (Å²) in [6.45, 7) is 4.88. The average molecular weight is 386 g/mol. The second-order valence-electron chi connectivity index (χ2n) is 6.85. The lowest BCUT2D eigenvalue weighted by Crippen LogP contribution is -2.50. The Hall–Kier alpha value is -3.29. The number of amides is 1. The Morgan fingerprint density at radius 3 is 2.43 bits per heavy atom. The van der Waals surface area contributed by atoms with E-state index in [2.05, 4.69) is 0 Å². The number of para-hydroxylation sites is 1. The van der Waals surface area contributed by atoms with Crippen LogP contribution in [0.25, 0.3) is 0 Å². The summed E-state index contributed by atoms with van der Waals surface area (Å²) in [5, 5.41) is 0. The maximum absolute atomic E-state index is 13.6. The minimum absolute atomic E-state index is 0.0856. The van der Waals surface area contributed by atoms with Crippen LogP contribution >= 0.6 is 0 Å². The van der Waals surface area contributed by atoms with Crippen molar-refractivity contribution in [2.75, 3.05) is 19.1 Å². The Kier molecular flexibility index (Phi) is 4.66. The predicted molar refractivity (Wildman–Crippen MR) is 99.8 cm³/mol. The molecule has 0 aliphatic carbocycles. The molecule has 8 nitrogen and oxygen atoms in total. The van der Waals surface area contributed by atoms with E-state index >= 15 is 0 Å². The number of anilines is 1. The third-order valence-electron chi connectivity index (χ3n) is 4.84. The van der Waals surface area contributed by atoms with Crippen LogP contribution in [0.3, 0.4) is 0 Å². The molecule has 1 aromatic carbocycles. The molecule has 2 heterocycles. The molecule has 0 fully saturated rings. The first-order chi connectivity index (χ1) is 13.2. The van der Waals surface area contributed by atoms with E-state index in [0.29, 0.717) is 11.3 Å². The van der Waals surface area contributed by atoms with E-state index in [0.717, 1.165) is 0 Å². The topological polar surface area (TPSA) is 108 Å². The molecule has 0 aromatic heterocycles. The molecule has 0 bridgehead atoms. The molecule has 0 unspecified atom stereocenters. The highest BCUT2D eigenvalue weighted by Gasteiger charge is 2.63. The van der Waals surface area contributed by atoms with Crippen molar-refractivity contribution in [3.63, 3.8) is 0 Å². The molecule has 148 valence electrons. The van der Waals surface area contributed by atoms with Gasteiger partial charge in [0.2, 0.25) is 11.8 Å². The van der Waals surface area contributed by atoms with Crippen molar-refractivity contribution in [3.8, 4) is 0 Å². The number of hydrogen-bond donors (Lipinski definition) is 1. The predicted octanol–water partition coefficient (Wildman–Crippen LogP) is 1.50. The Bertz CT molecular complexity index is 946. The Labute approximate surface area is 162 Å². The molecule has 1 aromatic rings. The number of likely N-dealkylation sites (N-methyl/N-ethyl adjacent to an activating group) is 1. The van der Waals surface area contributed by atoms with Gasteiger partial charge in [-0.15, -0.1) is 0 Å². The van der Waals surface area contributed by atoms with Gasteiger partial charge >= 0.3 is 11.9 Å². The number of nitrogens with two attached hydrogens (primary N) is 1. The SMILES string of the molecule is COC(=O)C1=C(N)OC(C)=C(C(=O)OC(C)C)[C@]12C(=O)N(C)c1ccccc12. The average Bonchev–Trinajstić information content (AvgIpc) is 2.84. The monoisotopic (exact) mass is 386 g/mol. The van der Waals surface area contributed by atoms with Crippen molar-refractivity contribution in [1.82, 2.24) is 0 Å². The Balaban J connectivity index is 2.42. The molecular formula is C20H22N2O6. The molecule has 28 heavy (non-hydrogen) atoms. The summed E-state index contributed by atoms with van der Waals surface area (Å²) >= 11 is 0. The van der Waals surface area contributed by atoms with Crippen LogP contribution in [-0.4, -0.2) is 38.1 Å². The van der Waals surface area contributed by atoms with E-state index in [4.69, 9.17) is 19.9 Å². The number of methoxy groups -OCH3 is 1. The molecule has 1 amide bonds. The first-order valence-corrected chi connectivity index (χ1v) is 8.74. The number of carbonyl (C=O) groups excluding carboxylic acids is 3. The van der Waals surface area contributed by atoms with Gasteiger partial charge in [0, 0.05) is 18.3 Å². The zero-order valence-corrected chi connectivity index (χ0v) is 16.4. The lowest BCUT2D eigenvalue weighted by Gasteiger charge is -2.36. The van der Waals surface area contributed by atoms with Gasteiger partial charge in [0.1, 0.15) is 22.3 Å². The Morgan fingerprint density at radius 2 is 1.82 bits per heavy atom. The molecule has 0 saturated heterocycles. The molecule has 8 heteroatoms. The number of nitrogens with zero attached hydrogens (tertiary/aromatic N) is 1. The third kappa shape index (κ3) is 2.48. The maximum Gasteiger partial charge on any atom is 0.340 e. The molecule has 1 atom stereocenters. The molecular weight excluding hydrogens is 364 g/mol. The van der Waals surface area contributed by atoms with Crippen LogP contribution in [0.15, 0.2) is 47.1 Å². The fourth-order valence-corrected chi connectivity index (χ4v) is 3.81. The fraction of sp³-hybridized carbons (Fsp3) is 0.350. The molecule has 1 spiro atoms. The number of hydrogen-bond acceptors (Lipinski definition) is 7. The van der Waals surface area contributed by atoms with Crippen LogP contribution < -0.4 is 10.6 Å². The summed E-state index contributed by atoms with van der Waals surface area (Å²) in [5.41, 5.74) is 4.88. The highest BCUT2D eigenvalue weighted by molar-refractivity contribution is 6.22. The van der Waals surface area contributed by atoms with Crippen molar-refractivity contribution in [2.24, 2.45) is 5.73 Å². The largest absolute Gasteiger partial charge is 0.465 e. The second kappa shape index (κ2) is 6.70. The lowest BCUT2D eigenvalue weighted by atomic mass is 9.67. The maximum atomic E-state index is 13.6. The van der Waals surface area contributed by atoms with Gasteiger partial charge in [0.15, 0.2) is 0 Å². The fourth-order valence-electron chi connectivity index (χ4n) is 3.81. The van der Waals surface area contributed by atoms with Crippen LogP contribution in [-0.2, 0) is 34.0 Å². The van der Waals surface area contributed by atoms with Gasteiger partial charge in [-0.1, -0.05) is 18.2 Å². The van der Waals surface area contributed by atoms with Crippen LogP contribution in [0.4, 0.5) is 5.69 Å². The van der Waals surface area contributed by atoms with E-state index in [1.54, 1.807) is 45.2 Å². The minimum atomic E-state index is -1.81. The van der Waals surface area contributed by atoms with Gasteiger partial charge in [-0.2, -0.15) is 0 Å². The van der Waals surface area contributed by atoms with Crippen molar-refractivity contribution in [3.05, 3.63) is 52.6 Å². The first-order valence-electron chi connectivity index (χ1n) is 8.74. The minimum Gasteiger partial charge on any atom is -0.465 e. The number of allylic oxidation sites excluding steroid dienone is 1. The highest BCUT2D eigenvalue weighted by atomic mass is 16.5. The number of fused-ring (bicyclic) bond motifs is 2. The summed E-state index contributed by atoms with van der Waals surface area (Å²) in [6, 6.07) is 6.88. The normalized spacial score (nSPS) is 21.2. The number of carbonyl (C=O) groups is 3. The number of ether oxygens (including phenoxy) is 3. The number of esters is 2. The molecule has 0 saturated carbocycles. The lowest BCUT2D eigenvalue weighted by molar-refractivity contribution is -0.145. The van der Waals surface area contributed by atoms with Crippen LogP contribution in [0, 0.1) is 0 Å². The van der Waals surface area contributed by atoms with E-state index in [9.17, 15) is 14.4 Å². The van der Waals surface area contributed by atoms with Crippen LogP contribution in [0.2, 0.25) is 0 Å². The summed E-state index contributed by atoms with van der Waals surface area (Å²) < 4.78 is 15.8. The standard InChI is InChI=1S/C20H22N2O6/c1-10(2)27-18(24)14-11(3)28-16(21)15(17(23)26-5)20(14)12-8-6-7-9-13(12)22(4)19(20)25/h6-10H,21H2,1-5H3/t20-/m0/s1. The molecule has 2 aliphatic rings. The van der Waals surface area contributed by atoms with E-state index in [1.807, 2.05) is 0 Å². The third-order valence-corrected chi connectivity index (χ3v) is 4.84. The molecule has 2 N–H and O–H groups in total. The van der Waals surface area contributed by atoms with Crippen LogP contribution in [0.1, 0.15) is 26.3 Å². The summed E-state index contributed by atoms with van der Waals surface area (Å²) in [4.78, 5) is 40.7. The van der Waals surface area contributed by atoms with Gasteiger partial charge < -0.3 is 24.8 Å². The van der Waals surface area contributed by atoms with Gasteiger partial charge in [-0.05, 0) is 26.8 Å². The molecule has 2 aliphatic heterocycles. The summed E-state index contributed by atoms with van der Waals surface area (Å²) in [5.74, 6) is -2.34. The van der Waals surface area contributed by atoms with Crippen LogP contribution in [0.5, 0.6) is 0 Å². The van der Waals surface area contributed by atoms with Crippen molar-refractivity contribution in [1.29, 1.82) is 0 Å². The van der Waals surface area contributed by atoms with Crippen molar-refractivity contribution in [2.45, 2.75) is 32.3 Å². The molecule has 3 rings (SSSR count). The number of rotatable bonds is 3. The quantitative estimate of drug-likeness (QED) is 0.784. The second-order valence-corrected chi connectivity index (χ2v) is 6.85. The van der Waals surface area contributed by atoms with E-state index in [1.165, 1.54) is 18.9 Å². The van der Waals surface area contributed by atoms with Gasteiger partial charge in [0.25, 0.3) is 0 Å². The highest BCUT2D eigenvalue weighted by Crippen LogP contribution is 2.54. The Morgan fingerprint density at radius 1 is 1.18 bits per heavy atom. The first kappa shape index (κ1) is 19.5. The van der Waals surface area contributed by atoms with Crippen molar-refractivity contribution < 1.29 is 28.6 Å².